The van der Waals surface area contributed by atoms with Gasteiger partial charge < -0.3 is 15.2 Å². The van der Waals surface area contributed by atoms with E-state index in [9.17, 15) is 4.79 Å². The first-order chi connectivity index (χ1) is 9.00. The van der Waals surface area contributed by atoms with Crippen molar-refractivity contribution in [2.24, 2.45) is 5.92 Å². The standard InChI is InChI=1S/C14H20ClNO3/c1-10(2)5-6-18-7-8-19-14(17)12-4-3-11(16)9-13(12)15/h3-4,9-10H,5-8,16H2,1-2H3. The number of anilines is 1. The highest BCUT2D eigenvalue weighted by atomic mass is 35.5. The number of hydrogen-bond acceptors (Lipinski definition) is 4. The van der Waals surface area contributed by atoms with Gasteiger partial charge >= 0.3 is 5.97 Å². The molecule has 0 radical (unpaired) electrons. The van der Waals surface area contributed by atoms with Gasteiger partial charge in [0.2, 0.25) is 0 Å². The van der Waals surface area contributed by atoms with Gasteiger partial charge in [-0.1, -0.05) is 25.4 Å². The quantitative estimate of drug-likeness (QED) is 0.475. The molecule has 0 bridgehead atoms. The Kier molecular flexibility index (Phi) is 6.67. The molecule has 19 heavy (non-hydrogen) atoms. The van der Waals surface area contributed by atoms with Crippen LogP contribution in [-0.4, -0.2) is 25.8 Å². The minimum atomic E-state index is -0.461. The monoisotopic (exact) mass is 285 g/mol. The summed E-state index contributed by atoms with van der Waals surface area (Å²) in [6, 6.07) is 4.69. The molecule has 106 valence electrons. The molecule has 0 atom stereocenters. The van der Waals surface area contributed by atoms with Crippen molar-refractivity contribution in [3.8, 4) is 0 Å². The lowest BCUT2D eigenvalue weighted by molar-refractivity contribution is 0.0303. The Balaban J connectivity index is 2.28. The molecule has 1 aromatic carbocycles. The van der Waals surface area contributed by atoms with Crippen LogP contribution in [0.3, 0.4) is 0 Å². The summed E-state index contributed by atoms with van der Waals surface area (Å²) in [6.45, 7) is 5.56. The molecule has 0 saturated heterocycles. The fourth-order valence-corrected chi connectivity index (χ4v) is 1.66. The molecule has 0 fully saturated rings. The first-order valence-corrected chi connectivity index (χ1v) is 6.68. The maximum Gasteiger partial charge on any atom is 0.339 e. The van der Waals surface area contributed by atoms with Gasteiger partial charge in [-0.05, 0) is 30.5 Å². The molecule has 0 aromatic heterocycles. The molecule has 5 heteroatoms. The van der Waals surface area contributed by atoms with E-state index in [2.05, 4.69) is 13.8 Å². The van der Waals surface area contributed by atoms with Crippen LogP contribution in [0.25, 0.3) is 0 Å². The molecule has 0 saturated carbocycles. The second-order valence-corrected chi connectivity index (χ2v) is 5.08. The topological polar surface area (TPSA) is 61.5 Å². The normalized spacial score (nSPS) is 10.7. The minimum absolute atomic E-state index is 0.220. The van der Waals surface area contributed by atoms with Crippen LogP contribution in [0.4, 0.5) is 5.69 Å². The fraction of sp³-hybridized carbons (Fsp3) is 0.500. The van der Waals surface area contributed by atoms with Crippen molar-refractivity contribution < 1.29 is 14.3 Å². The predicted octanol–water partition coefficient (Wildman–Crippen LogP) is 3.14. The van der Waals surface area contributed by atoms with E-state index in [0.29, 0.717) is 35.4 Å². The number of carbonyl (C=O) groups excluding carboxylic acids is 1. The number of carbonyl (C=O) groups is 1. The van der Waals surface area contributed by atoms with E-state index in [-0.39, 0.29) is 6.61 Å². The van der Waals surface area contributed by atoms with Gasteiger partial charge in [-0.15, -0.1) is 0 Å². The third kappa shape index (κ3) is 5.94. The van der Waals surface area contributed by atoms with Crippen molar-refractivity contribution in [3.05, 3.63) is 28.8 Å². The summed E-state index contributed by atoms with van der Waals surface area (Å²) in [5, 5.41) is 0.297. The molecule has 1 rings (SSSR count). The van der Waals surface area contributed by atoms with Crippen LogP contribution < -0.4 is 5.73 Å². The molecular weight excluding hydrogens is 266 g/mol. The SMILES string of the molecule is CC(C)CCOCCOC(=O)c1ccc(N)cc1Cl. The molecule has 2 N–H and O–H groups in total. The fourth-order valence-electron chi connectivity index (χ4n) is 1.39. The molecule has 1 aromatic rings. The van der Waals surface area contributed by atoms with Crippen LogP contribution in [0.2, 0.25) is 5.02 Å². The summed E-state index contributed by atoms with van der Waals surface area (Å²) in [4.78, 5) is 11.7. The van der Waals surface area contributed by atoms with Crippen molar-refractivity contribution in [2.45, 2.75) is 20.3 Å². The number of rotatable bonds is 7. The highest BCUT2D eigenvalue weighted by Gasteiger charge is 2.11. The molecule has 0 spiro atoms. The van der Waals surface area contributed by atoms with E-state index >= 15 is 0 Å². The van der Waals surface area contributed by atoms with Crippen LogP contribution >= 0.6 is 11.6 Å². The minimum Gasteiger partial charge on any atom is -0.460 e. The average molecular weight is 286 g/mol. The van der Waals surface area contributed by atoms with Crippen molar-refractivity contribution in [1.82, 2.24) is 0 Å². The zero-order chi connectivity index (χ0) is 14.3. The summed E-state index contributed by atoms with van der Waals surface area (Å²) in [5.74, 6) is 0.147. The second kappa shape index (κ2) is 8.02. The third-order valence-corrected chi connectivity index (χ3v) is 2.83. The van der Waals surface area contributed by atoms with Crippen LogP contribution in [0.1, 0.15) is 30.6 Å². The Morgan fingerprint density at radius 2 is 2.05 bits per heavy atom. The highest BCUT2D eigenvalue weighted by Crippen LogP contribution is 2.19. The van der Waals surface area contributed by atoms with Gasteiger partial charge in [0.05, 0.1) is 17.2 Å². The summed E-state index contributed by atoms with van der Waals surface area (Å²) in [6.07, 6.45) is 0.998. The van der Waals surface area contributed by atoms with Crippen molar-refractivity contribution in [1.29, 1.82) is 0 Å². The lowest BCUT2D eigenvalue weighted by Crippen LogP contribution is -2.12. The van der Waals surface area contributed by atoms with Crippen LogP contribution in [0.15, 0.2) is 18.2 Å². The summed E-state index contributed by atoms with van der Waals surface area (Å²) >= 11 is 5.91. The van der Waals surface area contributed by atoms with Gasteiger partial charge in [-0.2, -0.15) is 0 Å². The Bertz CT molecular complexity index is 421. The predicted molar refractivity (Wildman–Crippen MR) is 76.4 cm³/mol. The van der Waals surface area contributed by atoms with Crippen molar-refractivity contribution >= 4 is 23.3 Å². The van der Waals surface area contributed by atoms with Gasteiger partial charge in [0.15, 0.2) is 0 Å². The van der Waals surface area contributed by atoms with Gasteiger partial charge in [-0.3, -0.25) is 0 Å². The number of benzene rings is 1. The summed E-state index contributed by atoms with van der Waals surface area (Å²) < 4.78 is 10.4. The second-order valence-electron chi connectivity index (χ2n) is 4.67. The molecular formula is C14H20ClNO3. The highest BCUT2D eigenvalue weighted by molar-refractivity contribution is 6.33. The van der Waals surface area contributed by atoms with Gasteiger partial charge in [0.25, 0.3) is 0 Å². The zero-order valence-electron chi connectivity index (χ0n) is 11.3. The molecule has 0 aliphatic heterocycles. The van der Waals surface area contributed by atoms with Crippen molar-refractivity contribution in [2.75, 3.05) is 25.6 Å². The third-order valence-electron chi connectivity index (χ3n) is 2.51. The van der Waals surface area contributed by atoms with Gasteiger partial charge in [0.1, 0.15) is 6.61 Å². The van der Waals surface area contributed by atoms with E-state index in [1.54, 1.807) is 12.1 Å². The number of esters is 1. The Labute approximate surface area is 118 Å². The maximum atomic E-state index is 11.7. The Morgan fingerprint density at radius 3 is 2.68 bits per heavy atom. The Hall–Kier alpha value is -1.26. The first kappa shape index (κ1) is 15.8. The molecule has 4 nitrogen and oxygen atoms in total. The van der Waals surface area contributed by atoms with E-state index < -0.39 is 5.97 Å². The van der Waals surface area contributed by atoms with E-state index in [0.717, 1.165) is 6.42 Å². The van der Waals surface area contributed by atoms with Gasteiger partial charge in [-0.25, -0.2) is 4.79 Å². The first-order valence-electron chi connectivity index (χ1n) is 6.30. The van der Waals surface area contributed by atoms with E-state index in [1.807, 2.05) is 0 Å². The maximum absolute atomic E-state index is 11.7. The van der Waals surface area contributed by atoms with Gasteiger partial charge in [0, 0.05) is 12.3 Å². The molecule has 0 aliphatic rings. The zero-order valence-corrected chi connectivity index (χ0v) is 12.1. The van der Waals surface area contributed by atoms with Crippen LogP contribution in [-0.2, 0) is 9.47 Å². The number of halogens is 1. The lowest BCUT2D eigenvalue weighted by Gasteiger charge is -2.08. The summed E-state index contributed by atoms with van der Waals surface area (Å²) in [5.41, 5.74) is 6.38. The lowest BCUT2D eigenvalue weighted by atomic mass is 10.1. The van der Waals surface area contributed by atoms with E-state index in [4.69, 9.17) is 26.8 Å². The number of hydrogen-bond donors (Lipinski definition) is 1. The number of nitrogens with two attached hydrogens (primary N) is 1. The summed E-state index contributed by atoms with van der Waals surface area (Å²) in [7, 11) is 0. The van der Waals surface area contributed by atoms with Crippen LogP contribution in [0, 0.1) is 5.92 Å². The molecule has 0 aliphatic carbocycles. The largest absolute Gasteiger partial charge is 0.460 e. The smallest absolute Gasteiger partial charge is 0.339 e. The van der Waals surface area contributed by atoms with Crippen LogP contribution in [0.5, 0.6) is 0 Å². The number of nitrogen functional groups attached to an aromatic ring is 1. The van der Waals surface area contributed by atoms with Crippen molar-refractivity contribution in [3.63, 3.8) is 0 Å². The molecule has 0 heterocycles. The number of ether oxygens (including phenoxy) is 2. The molecule has 0 amide bonds. The van der Waals surface area contributed by atoms with E-state index in [1.165, 1.54) is 6.07 Å². The average Bonchev–Trinajstić information content (AvgIpc) is 2.32. The molecule has 0 unspecified atom stereocenters. The Morgan fingerprint density at radius 1 is 1.32 bits per heavy atom.